The van der Waals surface area contributed by atoms with E-state index in [0.717, 1.165) is 22.3 Å². The zero-order valence-electron chi connectivity index (χ0n) is 11.1. The molecule has 0 aliphatic heterocycles. The molecular formula is C20H14. The summed E-state index contributed by atoms with van der Waals surface area (Å²) < 4.78 is 0. The van der Waals surface area contributed by atoms with Crippen molar-refractivity contribution in [3.63, 3.8) is 0 Å². The molecule has 0 unspecified atom stereocenters. The van der Waals surface area contributed by atoms with Crippen LogP contribution >= 0.6 is 0 Å². The van der Waals surface area contributed by atoms with Crippen molar-refractivity contribution in [1.82, 2.24) is 0 Å². The van der Waals surface area contributed by atoms with Crippen molar-refractivity contribution in [1.29, 1.82) is 0 Å². The smallest absolute Gasteiger partial charge is 0.122 e. The largest absolute Gasteiger partial charge is 0.171 e. The first kappa shape index (κ1) is 12.3. The van der Waals surface area contributed by atoms with Crippen LogP contribution in [0.1, 0.15) is 11.1 Å². The Morgan fingerprint density at radius 1 is 0.650 bits per heavy atom. The van der Waals surface area contributed by atoms with Gasteiger partial charge in [0, 0.05) is 24.3 Å². The third-order valence-electron chi connectivity index (χ3n) is 2.99. The lowest BCUT2D eigenvalue weighted by atomic mass is 10.0. The second-order valence-corrected chi connectivity index (χ2v) is 4.56. The summed E-state index contributed by atoms with van der Waals surface area (Å²) in [5.41, 5.74) is 4.31. The molecule has 0 fully saturated rings. The van der Waals surface area contributed by atoms with Gasteiger partial charge < -0.3 is 0 Å². The van der Waals surface area contributed by atoms with Crippen molar-refractivity contribution < 1.29 is 0 Å². The molecule has 0 amide bonds. The third kappa shape index (κ3) is 3.16. The van der Waals surface area contributed by atoms with Crippen LogP contribution in [0.5, 0.6) is 0 Å². The van der Waals surface area contributed by atoms with Crippen molar-refractivity contribution in [2.45, 2.75) is 0 Å². The van der Waals surface area contributed by atoms with Gasteiger partial charge in [0.15, 0.2) is 0 Å². The summed E-state index contributed by atoms with van der Waals surface area (Å²) in [6.45, 7) is 0. The minimum absolute atomic E-state index is 1.07. The summed E-state index contributed by atoms with van der Waals surface area (Å²) in [5.74, 6) is 0. The van der Waals surface area contributed by atoms with Crippen molar-refractivity contribution >= 4 is 0 Å². The van der Waals surface area contributed by atoms with Crippen molar-refractivity contribution in [3.8, 4) is 0 Å². The molecule has 0 heteroatoms. The van der Waals surface area contributed by atoms with Gasteiger partial charge in [0.05, 0.1) is 0 Å². The van der Waals surface area contributed by atoms with Crippen molar-refractivity contribution in [2.75, 3.05) is 0 Å². The van der Waals surface area contributed by atoms with Gasteiger partial charge in [0.1, 0.15) is 11.1 Å². The maximum Gasteiger partial charge on any atom is 0.122 e. The minimum Gasteiger partial charge on any atom is -0.171 e. The topological polar surface area (TPSA) is 0 Å². The summed E-state index contributed by atoms with van der Waals surface area (Å²) in [6.07, 6.45) is 27.1. The van der Waals surface area contributed by atoms with Gasteiger partial charge in [-0.3, -0.25) is 0 Å². The van der Waals surface area contributed by atoms with Crippen LogP contribution < -0.4 is 0 Å². The van der Waals surface area contributed by atoms with E-state index in [-0.39, 0.29) is 0 Å². The van der Waals surface area contributed by atoms with Gasteiger partial charge in [-0.1, -0.05) is 0 Å². The molecule has 94 valence electrons. The zero-order chi connectivity index (χ0) is 13.6. The SMILES string of the molecule is [C+](=C1C=C[CH-]C=C1)c1cccc([C+]=C2C=C[CH-]C=C2)c1. The van der Waals surface area contributed by atoms with Crippen LogP contribution in [-0.2, 0) is 0 Å². The van der Waals surface area contributed by atoms with Crippen LogP contribution in [-0.4, -0.2) is 0 Å². The van der Waals surface area contributed by atoms with Gasteiger partial charge in [-0.05, 0) is 23.3 Å². The molecule has 0 saturated heterocycles. The quantitative estimate of drug-likeness (QED) is 0.681. The molecule has 20 heavy (non-hydrogen) atoms. The van der Waals surface area contributed by atoms with E-state index in [0.29, 0.717) is 0 Å². The lowest BCUT2D eigenvalue weighted by Crippen LogP contribution is -1.85. The summed E-state index contributed by atoms with van der Waals surface area (Å²) in [6, 6.07) is 8.25. The predicted octanol–water partition coefficient (Wildman–Crippen LogP) is 4.50. The fourth-order valence-corrected chi connectivity index (χ4v) is 2.05. The Kier molecular flexibility index (Phi) is 3.62. The van der Waals surface area contributed by atoms with Crippen molar-refractivity contribution in [3.05, 3.63) is 120 Å². The zero-order valence-corrected chi connectivity index (χ0v) is 11.1. The summed E-state index contributed by atoms with van der Waals surface area (Å²) >= 11 is 0. The van der Waals surface area contributed by atoms with E-state index in [9.17, 15) is 0 Å². The third-order valence-corrected chi connectivity index (χ3v) is 2.99. The fraction of sp³-hybridized carbons (Fsp3) is 0. The van der Waals surface area contributed by atoms with Crippen LogP contribution in [0.2, 0.25) is 0 Å². The molecule has 0 nitrogen and oxygen atoms in total. The highest BCUT2D eigenvalue weighted by atomic mass is 14.0. The van der Waals surface area contributed by atoms with E-state index >= 15 is 0 Å². The molecular weight excluding hydrogens is 240 g/mol. The molecule has 2 aliphatic carbocycles. The monoisotopic (exact) mass is 254 g/mol. The van der Waals surface area contributed by atoms with Gasteiger partial charge in [0.2, 0.25) is 0 Å². The first-order chi connectivity index (χ1) is 9.90. The highest BCUT2D eigenvalue weighted by Gasteiger charge is 2.01. The number of hydrogen-bond donors (Lipinski definition) is 0. The van der Waals surface area contributed by atoms with Crippen LogP contribution in [0.3, 0.4) is 0 Å². The molecule has 1 aromatic rings. The highest BCUT2D eigenvalue weighted by Crippen LogP contribution is 2.15. The Morgan fingerprint density at radius 3 is 1.55 bits per heavy atom. The van der Waals surface area contributed by atoms with E-state index in [4.69, 9.17) is 0 Å². The second kappa shape index (κ2) is 5.91. The second-order valence-electron chi connectivity index (χ2n) is 4.56. The number of benzene rings is 1. The minimum atomic E-state index is 1.07. The molecule has 2 aliphatic rings. The van der Waals surface area contributed by atoms with Crippen LogP contribution in [0.4, 0.5) is 0 Å². The van der Waals surface area contributed by atoms with Gasteiger partial charge in [-0.2, -0.15) is 37.1 Å². The van der Waals surface area contributed by atoms with Gasteiger partial charge in [-0.25, -0.2) is 0 Å². The van der Waals surface area contributed by atoms with E-state index in [1.807, 2.05) is 43.2 Å². The Labute approximate surface area is 120 Å². The molecule has 0 aromatic heterocycles. The molecule has 0 saturated carbocycles. The molecule has 0 spiro atoms. The number of hydrogen-bond acceptors (Lipinski definition) is 0. The van der Waals surface area contributed by atoms with E-state index in [1.165, 1.54) is 0 Å². The number of rotatable bonds is 2. The Balaban J connectivity index is 1.86. The summed E-state index contributed by atoms with van der Waals surface area (Å²) in [7, 11) is 0. The predicted molar refractivity (Wildman–Crippen MR) is 83.3 cm³/mol. The Morgan fingerprint density at radius 2 is 1.10 bits per heavy atom. The van der Waals surface area contributed by atoms with E-state index in [2.05, 4.69) is 54.7 Å². The lowest BCUT2D eigenvalue weighted by Gasteiger charge is -2.05. The maximum absolute atomic E-state index is 3.39. The van der Waals surface area contributed by atoms with Gasteiger partial charge in [-0.15, -0.1) is 24.3 Å². The van der Waals surface area contributed by atoms with Crippen LogP contribution in [0.15, 0.2) is 84.0 Å². The average Bonchev–Trinajstić information content (AvgIpc) is 2.50. The first-order valence-corrected chi connectivity index (χ1v) is 6.64. The van der Waals surface area contributed by atoms with Crippen molar-refractivity contribution in [2.24, 2.45) is 0 Å². The molecule has 0 bridgehead atoms. The van der Waals surface area contributed by atoms with Gasteiger partial charge in [0.25, 0.3) is 0 Å². The average molecular weight is 254 g/mol. The molecule has 3 rings (SSSR count). The number of allylic oxidation sites excluding steroid dienone is 10. The molecule has 0 heterocycles. The highest BCUT2D eigenvalue weighted by molar-refractivity contribution is 5.45. The maximum atomic E-state index is 3.39. The lowest BCUT2D eigenvalue weighted by molar-refractivity contribution is 1.43. The molecule has 1 aromatic carbocycles. The molecule has 0 atom stereocenters. The summed E-state index contributed by atoms with van der Waals surface area (Å²) in [5, 5.41) is 0. The normalized spacial score (nSPS) is 15.4. The molecule has 0 radical (unpaired) electrons. The van der Waals surface area contributed by atoms with E-state index < -0.39 is 0 Å². The van der Waals surface area contributed by atoms with E-state index in [1.54, 1.807) is 0 Å². The van der Waals surface area contributed by atoms with Crippen LogP contribution in [0.25, 0.3) is 0 Å². The molecule has 0 N–H and O–H groups in total. The first-order valence-electron chi connectivity index (χ1n) is 6.64. The Hall–Kier alpha value is -2.78. The Bertz CT molecular complexity index is 578. The van der Waals surface area contributed by atoms with Crippen LogP contribution in [0, 0.1) is 25.0 Å². The standard InChI is InChI=1S/C20H14/c1-3-8-17(9-4-1)14-19-12-7-13-20(16-19)15-18-10-5-2-6-11-18/h1-13,16H. The summed E-state index contributed by atoms with van der Waals surface area (Å²) in [4.78, 5) is 0. The fourth-order valence-electron chi connectivity index (χ4n) is 2.05. The van der Waals surface area contributed by atoms with Gasteiger partial charge >= 0.3 is 0 Å².